The van der Waals surface area contributed by atoms with Crippen LogP contribution in [-0.4, -0.2) is 97.5 Å². The zero-order chi connectivity index (χ0) is 76.8. The van der Waals surface area contributed by atoms with E-state index in [1.165, 1.54) is 11.1 Å². The predicted molar refractivity (Wildman–Crippen MR) is 436 cm³/mol. The number of aliphatic hydroxyl groups excluding tert-OH is 1. The van der Waals surface area contributed by atoms with Crippen LogP contribution in [0.3, 0.4) is 0 Å². The molecule has 13 nitrogen and oxygen atoms in total. The number of carboxylic acid groups (broad SMARTS) is 1. The lowest BCUT2D eigenvalue weighted by atomic mass is 9.80. The summed E-state index contributed by atoms with van der Waals surface area (Å²) >= 11 is 0. The van der Waals surface area contributed by atoms with Crippen molar-refractivity contribution in [1.29, 1.82) is 0 Å². The van der Waals surface area contributed by atoms with E-state index in [0.717, 1.165) is 116 Å². The van der Waals surface area contributed by atoms with Crippen molar-refractivity contribution in [2.24, 2.45) is 5.92 Å². The Morgan fingerprint density at radius 2 is 0.712 bits per heavy atom. The van der Waals surface area contributed by atoms with E-state index in [1.54, 1.807) is 18.6 Å². The van der Waals surface area contributed by atoms with Gasteiger partial charge in [0.25, 0.3) is 0 Å². The summed E-state index contributed by atoms with van der Waals surface area (Å²) in [5.41, 5.74) is 16.0. The number of aliphatic carboxylic acids is 1. The molecule has 0 amide bonds. The Morgan fingerprint density at radius 1 is 0.387 bits per heavy atom. The molecule has 12 atom stereocenters. The summed E-state index contributed by atoms with van der Waals surface area (Å²) < 4.78 is 70.2. The van der Waals surface area contributed by atoms with E-state index in [0.29, 0.717) is 39.3 Å². The van der Waals surface area contributed by atoms with Crippen LogP contribution < -0.4 is 0 Å². The lowest BCUT2D eigenvalue weighted by Crippen LogP contribution is -2.62. The molecular formula is C98H107O13. The van der Waals surface area contributed by atoms with Crippen molar-refractivity contribution in [3.8, 4) is 0 Å². The van der Waals surface area contributed by atoms with Crippen LogP contribution in [0.4, 0.5) is 0 Å². The number of unbranched alkanes of at least 4 members (excludes halogenated alkanes) is 2. The fourth-order valence-electron chi connectivity index (χ4n) is 14.8. The molecule has 2 unspecified atom stereocenters. The maximum atomic E-state index is 15.0. The molecule has 2 saturated heterocycles. The molecule has 2 N–H and O–H groups in total. The lowest BCUT2D eigenvalue weighted by molar-refractivity contribution is -0.287. The standard InChI is InChI=1S/C98H107O13/c1-5-55-102-57-27-25-29-72-45-49-74(50-46-72)59-84-61-82(53-43-70(84)3)89-93(105-65-77-33-15-8-16-34-77)95(107-67-79-37-19-10-20-38-79)91(104-64-76-31-13-7-14-32-76)87(110-89)63-86(98(100)101)88(99)92-96(108-68-80-39-21-11-22-40-80)97(109-69-81-41-23-12-24-42-81)94(106-66-78-35-17-9-18-36-78)90(111-92)83-54-44-71(4)85(62-83)60-75-51-47-73(48-52-75)30-26-28-58-103-56-6-2/h5-24,31-54,61-63,86-97,99H,1-2,25-30,55-60,64-69H2,3-4H3,(H,100,101)/t86?,87-,88?,89+,90+,91-,92-,93+,94+,95-,96+,97-/m1/s1. The van der Waals surface area contributed by atoms with Gasteiger partial charge in [0.15, 0.2) is 0 Å². The molecule has 0 aliphatic carbocycles. The number of carbonyl (C=O) groups is 1. The van der Waals surface area contributed by atoms with Crippen LogP contribution in [0.2, 0.25) is 0 Å². The maximum absolute atomic E-state index is 15.0. The second-order valence-corrected chi connectivity index (χ2v) is 29.2. The van der Waals surface area contributed by atoms with Gasteiger partial charge in [0, 0.05) is 19.6 Å². The summed E-state index contributed by atoms with van der Waals surface area (Å²) in [6.07, 6.45) is 0.125. The van der Waals surface area contributed by atoms with E-state index in [4.69, 9.17) is 47.4 Å². The average molecular weight is 1490 g/mol. The molecule has 12 rings (SSSR count). The number of aryl methyl sites for hydroxylation is 4. The van der Waals surface area contributed by atoms with Crippen molar-refractivity contribution in [1.82, 2.24) is 0 Å². The van der Waals surface area contributed by atoms with E-state index in [9.17, 15) is 10.2 Å². The number of hydrogen-bond acceptors (Lipinski definition) is 12. The molecule has 0 spiro atoms. The van der Waals surface area contributed by atoms with Crippen molar-refractivity contribution < 1.29 is 62.4 Å². The highest BCUT2D eigenvalue weighted by atomic mass is 16.6. The molecule has 10 aromatic rings. The Balaban J connectivity index is 0.944. The van der Waals surface area contributed by atoms with Crippen LogP contribution in [0.25, 0.3) is 0 Å². The third-order valence-electron chi connectivity index (χ3n) is 21.0. The molecule has 111 heavy (non-hydrogen) atoms. The summed E-state index contributed by atoms with van der Waals surface area (Å²) in [7, 11) is 0. The van der Waals surface area contributed by atoms with E-state index in [2.05, 4.69) is 106 Å². The van der Waals surface area contributed by atoms with Crippen LogP contribution in [-0.2, 0) is 117 Å². The molecule has 2 aliphatic heterocycles. The topological polar surface area (TPSA) is 150 Å². The number of carboxylic acids is 1. The van der Waals surface area contributed by atoms with Crippen LogP contribution in [0.1, 0.15) is 127 Å². The molecule has 577 valence electrons. The molecule has 2 aliphatic rings. The van der Waals surface area contributed by atoms with E-state index >= 15 is 4.79 Å². The Bertz CT molecular complexity index is 4380. The summed E-state index contributed by atoms with van der Waals surface area (Å²) in [6, 6.07) is 89.8. The Kier molecular flexibility index (Phi) is 31.4. The molecule has 0 aromatic heterocycles. The molecule has 13 heteroatoms. The number of aliphatic hydroxyl groups is 1. The molecule has 0 bridgehead atoms. The van der Waals surface area contributed by atoms with E-state index in [1.807, 2.05) is 188 Å². The van der Waals surface area contributed by atoms with Gasteiger partial charge in [-0.15, -0.1) is 13.2 Å². The van der Waals surface area contributed by atoms with Gasteiger partial charge in [0.05, 0.1) is 71.0 Å². The van der Waals surface area contributed by atoms with Gasteiger partial charge in [0.2, 0.25) is 0 Å². The first-order valence-corrected chi connectivity index (χ1v) is 39.3. The third kappa shape index (κ3) is 23.9. The molecule has 0 saturated carbocycles. The SMILES string of the molecule is C=CCOCCCCc1ccc(Cc2cc([C@@H]3O[C@H](C(O)C([CH][C@H]4O[C@@H](c5ccc(C)c(Cc6ccc(CCCCOCC=C)cc6)c5)[C@H](OCc5ccccc5)[C@H](OCc5ccccc5)[C@@H]4OCc4ccccc4)C(=O)O)[C@H](OCc4ccccc4)[C@H](OCc4ccccc4)[C@H]3OCc3ccccc3)ccc2C)cc1. The Hall–Kier alpha value is -9.29. The number of benzene rings is 10. The van der Waals surface area contributed by atoms with E-state index in [-0.39, 0.29) is 39.6 Å². The highest BCUT2D eigenvalue weighted by Gasteiger charge is 2.56. The fraction of sp³-hybridized carbons (Fsp3) is 0.327. The largest absolute Gasteiger partial charge is 0.481 e. The highest BCUT2D eigenvalue weighted by Crippen LogP contribution is 2.45. The first-order chi connectivity index (χ1) is 54.5. The Labute approximate surface area is 656 Å². The van der Waals surface area contributed by atoms with Crippen LogP contribution >= 0.6 is 0 Å². The monoisotopic (exact) mass is 1490 g/mol. The second-order valence-electron chi connectivity index (χ2n) is 29.2. The van der Waals surface area contributed by atoms with Gasteiger partial charge in [-0.25, -0.2) is 0 Å². The minimum absolute atomic E-state index is 0.0586. The van der Waals surface area contributed by atoms with Crippen LogP contribution in [0.5, 0.6) is 0 Å². The summed E-state index contributed by atoms with van der Waals surface area (Å²) in [5.74, 6) is -3.05. The van der Waals surface area contributed by atoms with E-state index < -0.39 is 79.0 Å². The zero-order valence-electron chi connectivity index (χ0n) is 64.1. The van der Waals surface area contributed by atoms with Gasteiger partial charge in [-0.2, -0.15) is 0 Å². The van der Waals surface area contributed by atoms with Crippen molar-refractivity contribution >= 4 is 5.97 Å². The number of hydrogen-bond donors (Lipinski definition) is 2. The first-order valence-electron chi connectivity index (χ1n) is 39.3. The van der Waals surface area contributed by atoms with Gasteiger partial charge >= 0.3 is 5.97 Å². The van der Waals surface area contributed by atoms with Crippen molar-refractivity contribution in [3.05, 3.63) is 388 Å². The average Bonchev–Trinajstić information content (AvgIpc) is 0.761. The molecule has 2 fully saturated rings. The van der Waals surface area contributed by atoms with Crippen LogP contribution in [0.15, 0.2) is 292 Å². The normalized spacial score (nSPS) is 20.3. The molecular weight excluding hydrogens is 1390 g/mol. The minimum atomic E-state index is -1.84. The fourth-order valence-corrected chi connectivity index (χ4v) is 14.8. The van der Waals surface area contributed by atoms with Crippen molar-refractivity contribution in [3.63, 3.8) is 0 Å². The molecule has 10 aromatic carbocycles. The zero-order valence-corrected chi connectivity index (χ0v) is 64.1. The van der Waals surface area contributed by atoms with Gasteiger partial charge in [-0.3, -0.25) is 4.79 Å². The predicted octanol–water partition coefficient (Wildman–Crippen LogP) is 18.9. The van der Waals surface area contributed by atoms with Gasteiger partial charge < -0.3 is 57.6 Å². The van der Waals surface area contributed by atoms with Crippen LogP contribution in [0, 0.1) is 26.2 Å². The summed E-state index contributed by atoms with van der Waals surface area (Å²) in [6.45, 7) is 15.1. The lowest BCUT2D eigenvalue weighted by Gasteiger charge is -2.49. The van der Waals surface area contributed by atoms with Gasteiger partial charge in [-0.05, 0) is 154 Å². The third-order valence-corrected chi connectivity index (χ3v) is 21.0. The molecule has 2 heterocycles. The first kappa shape index (κ1) is 81.2. The summed E-state index contributed by atoms with van der Waals surface area (Å²) in [5, 5.41) is 26.2. The maximum Gasteiger partial charge on any atom is 0.309 e. The minimum Gasteiger partial charge on any atom is -0.481 e. The quantitative estimate of drug-likeness (QED) is 0.0276. The second kappa shape index (κ2) is 42.9. The van der Waals surface area contributed by atoms with Crippen molar-refractivity contribution in [2.75, 3.05) is 26.4 Å². The Morgan fingerprint density at radius 3 is 1.07 bits per heavy atom. The number of rotatable bonds is 43. The summed E-state index contributed by atoms with van der Waals surface area (Å²) in [4.78, 5) is 15.0. The molecule has 1 radical (unpaired) electrons. The highest BCUT2D eigenvalue weighted by molar-refractivity contribution is 5.72. The number of ether oxygens (including phenoxy) is 10. The van der Waals surface area contributed by atoms with Gasteiger partial charge in [-0.1, -0.05) is 279 Å². The van der Waals surface area contributed by atoms with Gasteiger partial charge in [0.1, 0.15) is 54.9 Å². The van der Waals surface area contributed by atoms with Crippen molar-refractivity contribution in [2.45, 2.75) is 172 Å². The smallest absolute Gasteiger partial charge is 0.309 e.